The van der Waals surface area contributed by atoms with E-state index in [1.165, 1.54) is 12.8 Å². The standard InChI is InChI=1S/C8H17NO/c1-7(6-9)8-2-4-10-5-3-8/h7-8H,2-6,9H2,1H3. The van der Waals surface area contributed by atoms with Crippen molar-refractivity contribution in [2.45, 2.75) is 19.8 Å². The van der Waals surface area contributed by atoms with Crippen LogP contribution < -0.4 is 5.73 Å². The minimum Gasteiger partial charge on any atom is -0.381 e. The lowest BCUT2D eigenvalue weighted by Crippen LogP contribution is -2.26. The van der Waals surface area contributed by atoms with Crippen LogP contribution in [0.5, 0.6) is 0 Å². The Morgan fingerprint density at radius 1 is 1.50 bits per heavy atom. The van der Waals surface area contributed by atoms with E-state index in [0.29, 0.717) is 5.92 Å². The molecule has 1 aliphatic rings. The van der Waals surface area contributed by atoms with Crippen molar-refractivity contribution in [2.75, 3.05) is 19.8 Å². The Morgan fingerprint density at radius 3 is 2.60 bits per heavy atom. The summed E-state index contributed by atoms with van der Waals surface area (Å²) in [7, 11) is 0. The fourth-order valence-electron chi connectivity index (χ4n) is 1.48. The van der Waals surface area contributed by atoms with Gasteiger partial charge in [0.05, 0.1) is 0 Å². The molecule has 0 saturated carbocycles. The molecule has 1 fully saturated rings. The molecule has 0 aliphatic carbocycles. The van der Waals surface area contributed by atoms with Crippen LogP contribution in [0.25, 0.3) is 0 Å². The van der Waals surface area contributed by atoms with Crippen LogP contribution in [0.3, 0.4) is 0 Å². The number of ether oxygens (including phenoxy) is 1. The zero-order chi connectivity index (χ0) is 7.40. The van der Waals surface area contributed by atoms with Gasteiger partial charge >= 0.3 is 0 Å². The summed E-state index contributed by atoms with van der Waals surface area (Å²) in [5.74, 6) is 1.50. The first-order valence-corrected chi connectivity index (χ1v) is 4.12. The first-order valence-electron chi connectivity index (χ1n) is 4.12. The van der Waals surface area contributed by atoms with Crippen LogP contribution in [-0.4, -0.2) is 19.8 Å². The Morgan fingerprint density at radius 2 is 2.10 bits per heavy atom. The van der Waals surface area contributed by atoms with E-state index in [-0.39, 0.29) is 0 Å². The van der Waals surface area contributed by atoms with E-state index < -0.39 is 0 Å². The summed E-state index contributed by atoms with van der Waals surface area (Å²) < 4.78 is 5.25. The maximum Gasteiger partial charge on any atom is 0.0468 e. The van der Waals surface area contributed by atoms with Crippen LogP contribution in [-0.2, 0) is 4.74 Å². The van der Waals surface area contributed by atoms with Crippen LogP contribution >= 0.6 is 0 Å². The lowest BCUT2D eigenvalue weighted by Gasteiger charge is -2.26. The minimum absolute atomic E-state index is 0.684. The lowest BCUT2D eigenvalue weighted by atomic mass is 9.87. The van der Waals surface area contributed by atoms with Gasteiger partial charge in [-0.3, -0.25) is 0 Å². The van der Waals surface area contributed by atoms with Crippen molar-refractivity contribution in [2.24, 2.45) is 17.6 Å². The van der Waals surface area contributed by atoms with Crippen molar-refractivity contribution in [3.8, 4) is 0 Å². The highest BCUT2D eigenvalue weighted by Gasteiger charge is 2.18. The molecule has 1 heterocycles. The molecule has 1 aliphatic heterocycles. The SMILES string of the molecule is CC(CN)C1CCOCC1. The monoisotopic (exact) mass is 143 g/mol. The Balaban J connectivity index is 2.24. The molecular weight excluding hydrogens is 126 g/mol. The molecule has 0 radical (unpaired) electrons. The van der Waals surface area contributed by atoms with Gasteiger partial charge in [0, 0.05) is 13.2 Å². The minimum atomic E-state index is 0.684. The van der Waals surface area contributed by atoms with Crippen molar-refractivity contribution in [1.29, 1.82) is 0 Å². The van der Waals surface area contributed by atoms with E-state index in [9.17, 15) is 0 Å². The number of rotatable bonds is 2. The van der Waals surface area contributed by atoms with Crippen molar-refractivity contribution in [3.63, 3.8) is 0 Å². The zero-order valence-electron chi connectivity index (χ0n) is 6.68. The predicted octanol–water partition coefficient (Wildman–Crippen LogP) is 1.01. The number of nitrogens with two attached hydrogens (primary N) is 1. The molecule has 0 bridgehead atoms. The highest BCUT2D eigenvalue weighted by molar-refractivity contribution is 4.69. The largest absolute Gasteiger partial charge is 0.381 e. The molecule has 10 heavy (non-hydrogen) atoms. The molecule has 1 rings (SSSR count). The van der Waals surface area contributed by atoms with Crippen LogP contribution in [0, 0.1) is 11.8 Å². The van der Waals surface area contributed by atoms with Crippen molar-refractivity contribution in [1.82, 2.24) is 0 Å². The smallest absolute Gasteiger partial charge is 0.0468 e. The van der Waals surface area contributed by atoms with Gasteiger partial charge in [0.2, 0.25) is 0 Å². The Labute approximate surface area is 62.7 Å². The Bertz CT molecular complexity index is 89.3. The van der Waals surface area contributed by atoms with Crippen molar-refractivity contribution < 1.29 is 4.74 Å². The third-order valence-electron chi connectivity index (χ3n) is 2.44. The van der Waals surface area contributed by atoms with Crippen molar-refractivity contribution in [3.05, 3.63) is 0 Å². The summed E-state index contributed by atoms with van der Waals surface area (Å²) in [6.07, 6.45) is 2.41. The fourth-order valence-corrected chi connectivity index (χ4v) is 1.48. The van der Waals surface area contributed by atoms with Crippen LogP contribution in [0.4, 0.5) is 0 Å². The summed E-state index contributed by atoms with van der Waals surface area (Å²) in [6, 6.07) is 0. The molecule has 2 nitrogen and oxygen atoms in total. The second-order valence-electron chi connectivity index (χ2n) is 3.16. The van der Waals surface area contributed by atoms with Gasteiger partial charge < -0.3 is 10.5 Å². The molecule has 0 spiro atoms. The molecule has 0 aromatic heterocycles. The molecule has 60 valence electrons. The first kappa shape index (κ1) is 8.02. The third kappa shape index (κ3) is 1.96. The Hall–Kier alpha value is -0.0800. The molecule has 1 saturated heterocycles. The molecule has 2 heteroatoms. The first-order chi connectivity index (χ1) is 4.84. The van der Waals surface area contributed by atoms with Crippen LogP contribution in [0.1, 0.15) is 19.8 Å². The molecule has 1 unspecified atom stereocenters. The highest BCUT2D eigenvalue weighted by Crippen LogP contribution is 2.22. The fraction of sp³-hybridized carbons (Fsp3) is 1.00. The molecule has 0 aromatic carbocycles. The molecule has 1 atom stereocenters. The van der Waals surface area contributed by atoms with Gasteiger partial charge in [0.25, 0.3) is 0 Å². The predicted molar refractivity (Wildman–Crippen MR) is 41.8 cm³/mol. The van der Waals surface area contributed by atoms with E-state index in [0.717, 1.165) is 25.7 Å². The van der Waals surface area contributed by atoms with Gasteiger partial charge in [-0.25, -0.2) is 0 Å². The number of hydrogen-bond donors (Lipinski definition) is 1. The summed E-state index contributed by atoms with van der Waals surface area (Å²) in [5, 5.41) is 0. The quantitative estimate of drug-likeness (QED) is 0.626. The lowest BCUT2D eigenvalue weighted by molar-refractivity contribution is 0.0508. The van der Waals surface area contributed by atoms with E-state index in [1.54, 1.807) is 0 Å². The topological polar surface area (TPSA) is 35.2 Å². The van der Waals surface area contributed by atoms with Crippen molar-refractivity contribution >= 4 is 0 Å². The maximum atomic E-state index is 5.56. The van der Waals surface area contributed by atoms with E-state index in [2.05, 4.69) is 6.92 Å². The average Bonchev–Trinajstić information content (AvgIpc) is 2.05. The maximum absolute atomic E-state index is 5.56. The van der Waals surface area contributed by atoms with E-state index in [1.807, 2.05) is 0 Å². The van der Waals surface area contributed by atoms with E-state index in [4.69, 9.17) is 10.5 Å². The van der Waals surface area contributed by atoms with Gasteiger partial charge in [-0.2, -0.15) is 0 Å². The third-order valence-corrected chi connectivity index (χ3v) is 2.44. The summed E-state index contributed by atoms with van der Waals surface area (Å²) in [4.78, 5) is 0. The van der Waals surface area contributed by atoms with Crippen LogP contribution in [0.15, 0.2) is 0 Å². The molecular formula is C8H17NO. The summed E-state index contributed by atoms with van der Waals surface area (Å²) in [5.41, 5.74) is 5.56. The molecule has 0 amide bonds. The van der Waals surface area contributed by atoms with Gasteiger partial charge in [-0.05, 0) is 31.2 Å². The van der Waals surface area contributed by atoms with Gasteiger partial charge in [-0.1, -0.05) is 6.92 Å². The highest BCUT2D eigenvalue weighted by atomic mass is 16.5. The second kappa shape index (κ2) is 3.94. The summed E-state index contributed by atoms with van der Waals surface area (Å²) >= 11 is 0. The van der Waals surface area contributed by atoms with E-state index >= 15 is 0 Å². The zero-order valence-corrected chi connectivity index (χ0v) is 6.68. The normalized spacial score (nSPS) is 24.6. The summed E-state index contributed by atoms with van der Waals surface area (Å²) in [6.45, 7) is 4.94. The van der Waals surface area contributed by atoms with Gasteiger partial charge in [0.1, 0.15) is 0 Å². The number of hydrogen-bond acceptors (Lipinski definition) is 2. The molecule has 0 aromatic rings. The average molecular weight is 143 g/mol. The van der Waals surface area contributed by atoms with Crippen LogP contribution in [0.2, 0.25) is 0 Å². The molecule has 2 N–H and O–H groups in total. The van der Waals surface area contributed by atoms with Gasteiger partial charge in [-0.15, -0.1) is 0 Å². The van der Waals surface area contributed by atoms with Gasteiger partial charge in [0.15, 0.2) is 0 Å². The second-order valence-corrected chi connectivity index (χ2v) is 3.16. The Kier molecular flexibility index (Phi) is 3.16.